The first-order valence-electron chi connectivity index (χ1n) is 6.63. The fourth-order valence-electron chi connectivity index (χ4n) is 2.42. The Kier molecular flexibility index (Phi) is 4.75. The molecule has 0 aliphatic carbocycles. The lowest BCUT2D eigenvalue weighted by Crippen LogP contribution is -2.35. The van der Waals surface area contributed by atoms with Crippen molar-refractivity contribution >= 4 is 0 Å². The number of hydrogen-bond acceptors (Lipinski definition) is 3. The van der Waals surface area contributed by atoms with Crippen LogP contribution in [0.1, 0.15) is 32.1 Å². The summed E-state index contributed by atoms with van der Waals surface area (Å²) in [6, 6.07) is 9.42. The minimum Gasteiger partial charge on any atom is -0.375 e. The molecule has 2 rings (SSSR count). The third-order valence-electron chi connectivity index (χ3n) is 3.51. The quantitative estimate of drug-likeness (QED) is 0.835. The molecule has 0 bridgehead atoms. The molecule has 0 radical (unpaired) electrons. The number of benzene rings is 1. The van der Waals surface area contributed by atoms with Crippen molar-refractivity contribution in [1.29, 1.82) is 0 Å². The normalized spacial score (nSPS) is 30.1. The highest BCUT2D eigenvalue weighted by Gasteiger charge is 2.27. The summed E-state index contributed by atoms with van der Waals surface area (Å²) in [5.41, 5.74) is 0.786. The summed E-state index contributed by atoms with van der Waals surface area (Å²) in [7, 11) is 0. The Hall–Kier alpha value is -0.900. The van der Waals surface area contributed by atoms with Gasteiger partial charge in [-0.2, -0.15) is 0 Å². The average Bonchev–Trinajstić information content (AvgIpc) is 2.38. The van der Waals surface area contributed by atoms with Crippen LogP contribution in [0.3, 0.4) is 0 Å². The lowest BCUT2D eigenvalue weighted by atomic mass is 9.91. The predicted octanol–water partition coefficient (Wildman–Crippen LogP) is 2.76. The zero-order valence-corrected chi connectivity index (χ0v) is 11.1. The Balaban J connectivity index is 1.81. The van der Waals surface area contributed by atoms with Crippen molar-refractivity contribution in [3.05, 3.63) is 35.9 Å². The standard InChI is InChI=1S/C15H22O3/c1-11-8-12(2)14(17-9-11)10-18-15(16)13-6-4-3-5-7-13/h3-7,11-12,14-16H,8-10H2,1-2H3. The minimum atomic E-state index is -0.860. The molecule has 1 fully saturated rings. The zero-order chi connectivity index (χ0) is 13.0. The van der Waals surface area contributed by atoms with Gasteiger partial charge in [-0.15, -0.1) is 0 Å². The summed E-state index contributed by atoms with van der Waals surface area (Å²) in [6.07, 6.45) is 0.399. The van der Waals surface area contributed by atoms with Crippen molar-refractivity contribution < 1.29 is 14.6 Å². The van der Waals surface area contributed by atoms with Crippen molar-refractivity contribution in [2.75, 3.05) is 13.2 Å². The largest absolute Gasteiger partial charge is 0.375 e. The van der Waals surface area contributed by atoms with Crippen molar-refractivity contribution in [2.24, 2.45) is 11.8 Å². The molecule has 0 saturated carbocycles. The smallest absolute Gasteiger partial charge is 0.181 e. The Bertz CT molecular complexity index is 352. The van der Waals surface area contributed by atoms with Crippen LogP contribution < -0.4 is 0 Å². The van der Waals surface area contributed by atoms with Crippen LogP contribution in [0.4, 0.5) is 0 Å². The lowest BCUT2D eigenvalue weighted by Gasteiger charge is -2.33. The molecule has 4 atom stereocenters. The van der Waals surface area contributed by atoms with Gasteiger partial charge in [0, 0.05) is 12.2 Å². The first-order chi connectivity index (χ1) is 8.66. The van der Waals surface area contributed by atoms with E-state index < -0.39 is 6.29 Å². The van der Waals surface area contributed by atoms with E-state index in [1.54, 1.807) is 0 Å². The van der Waals surface area contributed by atoms with Gasteiger partial charge in [-0.3, -0.25) is 0 Å². The molecule has 100 valence electrons. The van der Waals surface area contributed by atoms with Crippen LogP contribution in [-0.2, 0) is 9.47 Å². The highest BCUT2D eigenvalue weighted by molar-refractivity contribution is 5.15. The van der Waals surface area contributed by atoms with E-state index in [-0.39, 0.29) is 6.10 Å². The number of aliphatic hydroxyl groups is 1. The topological polar surface area (TPSA) is 38.7 Å². The zero-order valence-electron chi connectivity index (χ0n) is 11.1. The maximum atomic E-state index is 9.91. The fourth-order valence-corrected chi connectivity index (χ4v) is 2.42. The van der Waals surface area contributed by atoms with Crippen LogP contribution in [-0.4, -0.2) is 24.4 Å². The molecule has 1 N–H and O–H groups in total. The number of aliphatic hydroxyl groups excluding tert-OH is 1. The van der Waals surface area contributed by atoms with E-state index in [1.807, 2.05) is 30.3 Å². The highest BCUT2D eigenvalue weighted by Crippen LogP contribution is 2.25. The van der Waals surface area contributed by atoms with Gasteiger partial charge < -0.3 is 14.6 Å². The molecule has 0 amide bonds. The molecule has 1 aliphatic rings. The SMILES string of the molecule is CC1COC(COC(O)c2ccccc2)C(C)C1. The molecule has 0 spiro atoms. The van der Waals surface area contributed by atoms with E-state index >= 15 is 0 Å². The molecule has 1 aliphatic heterocycles. The maximum absolute atomic E-state index is 9.91. The molecular weight excluding hydrogens is 228 g/mol. The van der Waals surface area contributed by atoms with Gasteiger partial charge in [0.2, 0.25) is 0 Å². The molecule has 3 heteroatoms. The Morgan fingerprint density at radius 3 is 2.72 bits per heavy atom. The number of ether oxygens (including phenoxy) is 2. The summed E-state index contributed by atoms with van der Waals surface area (Å²) >= 11 is 0. The van der Waals surface area contributed by atoms with Gasteiger partial charge in [0.1, 0.15) is 0 Å². The van der Waals surface area contributed by atoms with E-state index in [1.165, 1.54) is 0 Å². The van der Waals surface area contributed by atoms with Crippen LogP contribution in [0.5, 0.6) is 0 Å². The molecule has 18 heavy (non-hydrogen) atoms. The average molecular weight is 250 g/mol. The third kappa shape index (κ3) is 3.55. The van der Waals surface area contributed by atoms with Gasteiger partial charge in [0.15, 0.2) is 6.29 Å². The van der Waals surface area contributed by atoms with Crippen molar-refractivity contribution in [2.45, 2.75) is 32.7 Å². The van der Waals surface area contributed by atoms with Gasteiger partial charge in [0.25, 0.3) is 0 Å². The second-order valence-corrected chi connectivity index (χ2v) is 5.29. The summed E-state index contributed by atoms with van der Waals surface area (Å²) < 4.78 is 11.3. The van der Waals surface area contributed by atoms with Gasteiger partial charge in [-0.1, -0.05) is 44.2 Å². The first-order valence-corrected chi connectivity index (χ1v) is 6.63. The van der Waals surface area contributed by atoms with E-state index in [0.29, 0.717) is 18.4 Å². The lowest BCUT2D eigenvalue weighted by molar-refractivity contribution is -0.156. The molecule has 0 aromatic heterocycles. The number of rotatable bonds is 4. The van der Waals surface area contributed by atoms with Crippen LogP contribution in [0, 0.1) is 11.8 Å². The summed E-state index contributed by atoms with van der Waals surface area (Å²) in [6.45, 7) is 5.62. The summed E-state index contributed by atoms with van der Waals surface area (Å²) in [5.74, 6) is 1.10. The molecular formula is C15H22O3. The van der Waals surface area contributed by atoms with E-state index in [9.17, 15) is 5.11 Å². The molecule has 1 saturated heterocycles. The van der Waals surface area contributed by atoms with Gasteiger partial charge in [-0.05, 0) is 18.3 Å². The van der Waals surface area contributed by atoms with Crippen molar-refractivity contribution in [3.8, 4) is 0 Å². The molecule has 3 nitrogen and oxygen atoms in total. The van der Waals surface area contributed by atoms with Crippen LogP contribution in [0.15, 0.2) is 30.3 Å². The Labute approximate surface area is 109 Å². The highest BCUT2D eigenvalue weighted by atomic mass is 16.6. The van der Waals surface area contributed by atoms with Crippen molar-refractivity contribution in [3.63, 3.8) is 0 Å². The van der Waals surface area contributed by atoms with Crippen LogP contribution >= 0.6 is 0 Å². The molecule has 1 aromatic carbocycles. The van der Waals surface area contributed by atoms with E-state index in [0.717, 1.165) is 18.6 Å². The summed E-state index contributed by atoms with van der Waals surface area (Å²) in [5, 5.41) is 9.91. The molecule has 4 unspecified atom stereocenters. The third-order valence-corrected chi connectivity index (χ3v) is 3.51. The van der Waals surface area contributed by atoms with Crippen molar-refractivity contribution in [1.82, 2.24) is 0 Å². The Morgan fingerprint density at radius 1 is 1.33 bits per heavy atom. The first kappa shape index (κ1) is 13.5. The second-order valence-electron chi connectivity index (χ2n) is 5.29. The molecule has 1 heterocycles. The van der Waals surface area contributed by atoms with Gasteiger partial charge >= 0.3 is 0 Å². The maximum Gasteiger partial charge on any atom is 0.181 e. The number of hydrogen-bond donors (Lipinski definition) is 1. The van der Waals surface area contributed by atoms with E-state index in [2.05, 4.69) is 13.8 Å². The van der Waals surface area contributed by atoms with Crippen LogP contribution in [0.2, 0.25) is 0 Å². The van der Waals surface area contributed by atoms with Crippen LogP contribution in [0.25, 0.3) is 0 Å². The molecule has 1 aromatic rings. The van der Waals surface area contributed by atoms with Gasteiger partial charge in [0.05, 0.1) is 12.7 Å². The predicted molar refractivity (Wildman–Crippen MR) is 70.0 cm³/mol. The monoisotopic (exact) mass is 250 g/mol. The summed E-state index contributed by atoms with van der Waals surface area (Å²) in [4.78, 5) is 0. The Morgan fingerprint density at radius 2 is 2.06 bits per heavy atom. The second kappa shape index (κ2) is 6.32. The van der Waals surface area contributed by atoms with E-state index in [4.69, 9.17) is 9.47 Å². The fraction of sp³-hybridized carbons (Fsp3) is 0.600. The van der Waals surface area contributed by atoms with Gasteiger partial charge in [-0.25, -0.2) is 0 Å². The minimum absolute atomic E-state index is 0.0968.